The van der Waals surface area contributed by atoms with Crippen molar-refractivity contribution in [1.82, 2.24) is 20.1 Å². The molecule has 3 N–H and O–H groups in total. The molecule has 0 spiro atoms. The number of unbranched alkanes of at least 4 members (excludes halogenated alkanes) is 1. The maximum Gasteiger partial charge on any atom is 0.0834 e. The molecule has 0 aromatic carbocycles. The third kappa shape index (κ3) is 5.25. The molecule has 21 heavy (non-hydrogen) atoms. The van der Waals surface area contributed by atoms with Crippen LogP contribution in [-0.4, -0.2) is 35.3 Å². The lowest BCUT2D eigenvalue weighted by Crippen LogP contribution is -2.36. The van der Waals surface area contributed by atoms with Gasteiger partial charge < -0.3 is 4.90 Å². The quantitative estimate of drug-likeness (QED) is 0.515. The molecule has 0 amide bonds. The Bertz CT molecular complexity index is 405. The molecule has 0 saturated heterocycles. The van der Waals surface area contributed by atoms with Gasteiger partial charge in [0.15, 0.2) is 0 Å². The van der Waals surface area contributed by atoms with Crippen LogP contribution in [0.3, 0.4) is 0 Å². The standard InChI is InChI=1S/C15H30ClN5/c1-5-7-8-12(6-2)14(19-17)15-13(16)11-18-21(15)10-9-20(3)4/h11-12,14,19H,5-10,17H2,1-4H3. The number of hydrazine groups is 1. The molecule has 2 unspecified atom stereocenters. The minimum Gasteiger partial charge on any atom is -0.308 e. The predicted octanol–water partition coefficient (Wildman–Crippen LogP) is 2.82. The van der Waals surface area contributed by atoms with Gasteiger partial charge in [0.2, 0.25) is 0 Å². The Balaban J connectivity index is 2.94. The van der Waals surface area contributed by atoms with Gasteiger partial charge in [-0.25, -0.2) is 0 Å². The van der Waals surface area contributed by atoms with E-state index >= 15 is 0 Å². The molecule has 0 aliphatic carbocycles. The summed E-state index contributed by atoms with van der Waals surface area (Å²) >= 11 is 6.38. The summed E-state index contributed by atoms with van der Waals surface area (Å²) in [5.41, 5.74) is 3.99. The van der Waals surface area contributed by atoms with Crippen LogP contribution in [0.15, 0.2) is 6.20 Å². The third-order valence-corrected chi connectivity index (χ3v) is 4.28. The molecule has 0 aliphatic heterocycles. The number of rotatable bonds is 10. The first-order chi connectivity index (χ1) is 10.0. The second-order valence-corrected chi connectivity index (χ2v) is 6.27. The summed E-state index contributed by atoms with van der Waals surface area (Å²) in [5, 5.41) is 5.12. The lowest BCUT2D eigenvalue weighted by atomic mass is 9.89. The monoisotopic (exact) mass is 315 g/mol. The van der Waals surface area contributed by atoms with Gasteiger partial charge in [-0.05, 0) is 26.4 Å². The minimum absolute atomic E-state index is 0.0544. The van der Waals surface area contributed by atoms with Crippen LogP contribution in [-0.2, 0) is 6.54 Å². The number of hydrogen-bond donors (Lipinski definition) is 2. The number of nitrogens with zero attached hydrogens (tertiary/aromatic N) is 3. The Morgan fingerprint density at radius 3 is 2.67 bits per heavy atom. The van der Waals surface area contributed by atoms with E-state index in [2.05, 4.69) is 43.4 Å². The van der Waals surface area contributed by atoms with E-state index in [0.717, 1.165) is 31.6 Å². The van der Waals surface area contributed by atoms with E-state index in [-0.39, 0.29) is 6.04 Å². The van der Waals surface area contributed by atoms with Gasteiger partial charge in [0, 0.05) is 6.54 Å². The summed E-state index contributed by atoms with van der Waals surface area (Å²) in [5.74, 6) is 6.32. The van der Waals surface area contributed by atoms with Gasteiger partial charge >= 0.3 is 0 Å². The fourth-order valence-corrected chi connectivity index (χ4v) is 2.92. The third-order valence-electron chi connectivity index (χ3n) is 3.99. The zero-order valence-corrected chi connectivity index (χ0v) is 14.5. The Morgan fingerprint density at radius 2 is 2.14 bits per heavy atom. The van der Waals surface area contributed by atoms with Crippen molar-refractivity contribution in [1.29, 1.82) is 0 Å². The van der Waals surface area contributed by atoms with Crippen molar-refractivity contribution in [3.05, 3.63) is 16.9 Å². The second kappa shape index (κ2) is 9.41. The molecule has 2 atom stereocenters. The number of nitrogens with two attached hydrogens (primary N) is 1. The van der Waals surface area contributed by atoms with E-state index in [1.165, 1.54) is 12.8 Å². The molecule has 0 saturated carbocycles. The molecule has 6 heteroatoms. The molecule has 0 radical (unpaired) electrons. The van der Waals surface area contributed by atoms with Gasteiger partial charge in [0.05, 0.1) is 29.5 Å². The summed E-state index contributed by atoms with van der Waals surface area (Å²) < 4.78 is 1.99. The van der Waals surface area contributed by atoms with Gasteiger partial charge in [0.1, 0.15) is 0 Å². The SMILES string of the molecule is CCCCC(CC)C(NN)c1c(Cl)cnn1CCN(C)C. The van der Waals surface area contributed by atoms with Crippen molar-refractivity contribution in [3.8, 4) is 0 Å². The lowest BCUT2D eigenvalue weighted by Gasteiger charge is -2.27. The van der Waals surface area contributed by atoms with Crippen molar-refractivity contribution in [3.63, 3.8) is 0 Å². The van der Waals surface area contributed by atoms with Crippen molar-refractivity contribution in [2.75, 3.05) is 20.6 Å². The molecular formula is C15H30ClN5. The zero-order chi connectivity index (χ0) is 15.8. The van der Waals surface area contributed by atoms with E-state index in [1.807, 2.05) is 4.68 Å². The summed E-state index contributed by atoms with van der Waals surface area (Å²) in [7, 11) is 4.11. The molecule has 1 heterocycles. The Morgan fingerprint density at radius 1 is 1.43 bits per heavy atom. The molecule has 1 aromatic rings. The Kier molecular flexibility index (Phi) is 8.26. The number of nitrogens with one attached hydrogen (secondary N) is 1. The highest BCUT2D eigenvalue weighted by atomic mass is 35.5. The first kappa shape index (κ1) is 18.4. The highest BCUT2D eigenvalue weighted by molar-refractivity contribution is 6.31. The summed E-state index contributed by atoms with van der Waals surface area (Å²) in [6.07, 6.45) is 6.35. The first-order valence-corrected chi connectivity index (χ1v) is 8.24. The van der Waals surface area contributed by atoms with Gasteiger partial charge in [-0.2, -0.15) is 5.10 Å². The lowest BCUT2D eigenvalue weighted by molar-refractivity contribution is 0.301. The fourth-order valence-electron chi connectivity index (χ4n) is 2.67. The van der Waals surface area contributed by atoms with E-state index in [4.69, 9.17) is 17.4 Å². The summed E-state index contributed by atoms with van der Waals surface area (Å²) in [6.45, 7) is 6.16. The first-order valence-electron chi connectivity index (χ1n) is 7.87. The predicted molar refractivity (Wildman–Crippen MR) is 89.2 cm³/mol. The van der Waals surface area contributed by atoms with E-state index in [1.54, 1.807) is 6.20 Å². The number of aromatic nitrogens is 2. The molecule has 5 nitrogen and oxygen atoms in total. The van der Waals surface area contributed by atoms with Crippen molar-refractivity contribution in [2.45, 2.75) is 52.1 Å². The van der Waals surface area contributed by atoms with E-state index in [0.29, 0.717) is 10.9 Å². The smallest absolute Gasteiger partial charge is 0.0834 e. The molecule has 0 fully saturated rings. The van der Waals surface area contributed by atoms with Crippen LogP contribution < -0.4 is 11.3 Å². The molecule has 0 aliphatic rings. The van der Waals surface area contributed by atoms with Crippen LogP contribution >= 0.6 is 11.6 Å². The summed E-state index contributed by atoms with van der Waals surface area (Å²) in [4.78, 5) is 2.14. The van der Waals surface area contributed by atoms with Crippen LogP contribution in [0, 0.1) is 5.92 Å². The number of likely N-dealkylation sites (N-methyl/N-ethyl adjacent to an activating group) is 1. The second-order valence-electron chi connectivity index (χ2n) is 5.86. The fraction of sp³-hybridized carbons (Fsp3) is 0.800. The maximum absolute atomic E-state index is 6.38. The van der Waals surface area contributed by atoms with Crippen molar-refractivity contribution >= 4 is 11.6 Å². The number of halogens is 1. The Labute approximate surface area is 133 Å². The zero-order valence-electron chi connectivity index (χ0n) is 13.8. The van der Waals surface area contributed by atoms with Crippen molar-refractivity contribution < 1.29 is 0 Å². The molecule has 0 bridgehead atoms. The van der Waals surface area contributed by atoms with Crippen LogP contribution in [0.4, 0.5) is 0 Å². The van der Waals surface area contributed by atoms with Gasteiger partial charge in [-0.15, -0.1) is 0 Å². The number of hydrogen-bond acceptors (Lipinski definition) is 4. The molecule has 1 rings (SSSR count). The summed E-state index contributed by atoms with van der Waals surface area (Å²) in [6, 6.07) is 0.0544. The molecule has 122 valence electrons. The van der Waals surface area contributed by atoms with E-state index in [9.17, 15) is 0 Å². The maximum atomic E-state index is 6.38. The largest absolute Gasteiger partial charge is 0.308 e. The van der Waals surface area contributed by atoms with Gasteiger partial charge in [0.25, 0.3) is 0 Å². The van der Waals surface area contributed by atoms with Crippen LogP contribution in [0.1, 0.15) is 51.3 Å². The van der Waals surface area contributed by atoms with Gasteiger partial charge in [-0.3, -0.25) is 16.0 Å². The molecule has 1 aromatic heterocycles. The normalized spacial score (nSPS) is 14.6. The minimum atomic E-state index is 0.0544. The van der Waals surface area contributed by atoms with Crippen LogP contribution in [0.25, 0.3) is 0 Å². The average Bonchev–Trinajstić information content (AvgIpc) is 2.82. The average molecular weight is 316 g/mol. The van der Waals surface area contributed by atoms with Crippen LogP contribution in [0.5, 0.6) is 0 Å². The van der Waals surface area contributed by atoms with Crippen molar-refractivity contribution in [2.24, 2.45) is 11.8 Å². The van der Waals surface area contributed by atoms with Crippen LogP contribution in [0.2, 0.25) is 5.02 Å². The van der Waals surface area contributed by atoms with E-state index < -0.39 is 0 Å². The molecular weight excluding hydrogens is 286 g/mol. The van der Waals surface area contributed by atoms with Gasteiger partial charge in [-0.1, -0.05) is 44.7 Å². The highest BCUT2D eigenvalue weighted by Crippen LogP contribution is 2.32. The topological polar surface area (TPSA) is 59.1 Å². The Hall–Kier alpha value is -0.620. The highest BCUT2D eigenvalue weighted by Gasteiger charge is 2.26.